The number of piperazine rings is 1. The molecule has 1 aliphatic rings. The minimum atomic E-state index is 0.565. The molecule has 5 heteroatoms. The van der Waals surface area contributed by atoms with Crippen molar-refractivity contribution in [3.8, 4) is 11.5 Å². The molecule has 0 aromatic heterocycles. The summed E-state index contributed by atoms with van der Waals surface area (Å²) in [4.78, 5) is 4.95. The Bertz CT molecular complexity index is 442. The number of methoxy groups -OCH3 is 2. The summed E-state index contributed by atoms with van der Waals surface area (Å²) in [7, 11) is 3.43. The number of hydrogen-bond acceptors (Lipinski definition) is 5. The van der Waals surface area contributed by atoms with Gasteiger partial charge in [-0.2, -0.15) is 0 Å². The fourth-order valence-corrected chi connectivity index (χ4v) is 2.84. The number of para-hydroxylation sites is 2. The van der Waals surface area contributed by atoms with E-state index in [0.717, 1.165) is 50.8 Å². The van der Waals surface area contributed by atoms with Gasteiger partial charge in [-0.1, -0.05) is 12.1 Å². The molecule has 0 unspecified atom stereocenters. The van der Waals surface area contributed by atoms with Gasteiger partial charge in [-0.3, -0.25) is 9.80 Å². The Morgan fingerprint density at radius 2 is 1.82 bits per heavy atom. The first-order chi connectivity index (χ1) is 10.7. The Morgan fingerprint density at radius 1 is 1.05 bits per heavy atom. The average molecular weight is 308 g/mol. The van der Waals surface area contributed by atoms with Crippen LogP contribution in [0.4, 0.5) is 0 Å². The van der Waals surface area contributed by atoms with E-state index >= 15 is 0 Å². The maximum absolute atomic E-state index is 5.86. The van der Waals surface area contributed by atoms with Gasteiger partial charge in [0.2, 0.25) is 0 Å². The van der Waals surface area contributed by atoms with Gasteiger partial charge in [-0.25, -0.2) is 0 Å². The minimum absolute atomic E-state index is 0.565. The first-order valence-electron chi connectivity index (χ1n) is 7.95. The van der Waals surface area contributed by atoms with Crippen LogP contribution in [0.5, 0.6) is 11.5 Å². The molecule has 0 aliphatic carbocycles. The Balaban J connectivity index is 1.72. The van der Waals surface area contributed by atoms with E-state index in [-0.39, 0.29) is 0 Å². The van der Waals surface area contributed by atoms with Gasteiger partial charge in [-0.15, -0.1) is 0 Å². The molecule has 0 radical (unpaired) electrons. The quantitative estimate of drug-likeness (QED) is 0.730. The third-order valence-electron chi connectivity index (χ3n) is 4.17. The summed E-state index contributed by atoms with van der Waals surface area (Å²) in [5, 5.41) is 0. The molecule has 5 nitrogen and oxygen atoms in total. The average Bonchev–Trinajstić information content (AvgIpc) is 2.54. The number of benzene rings is 1. The van der Waals surface area contributed by atoms with E-state index in [1.807, 2.05) is 24.3 Å². The first-order valence-corrected chi connectivity index (χ1v) is 7.95. The Labute approximate surface area is 133 Å². The molecular weight excluding hydrogens is 280 g/mol. The predicted molar refractivity (Wildman–Crippen MR) is 87.8 cm³/mol. The van der Waals surface area contributed by atoms with Gasteiger partial charge < -0.3 is 14.2 Å². The number of nitrogens with zero attached hydrogens (tertiary/aromatic N) is 2. The highest BCUT2D eigenvalue weighted by Crippen LogP contribution is 2.25. The maximum atomic E-state index is 5.86. The zero-order valence-corrected chi connectivity index (χ0v) is 14.0. The highest BCUT2D eigenvalue weighted by atomic mass is 16.5. The standard InChI is InChI=1S/C17H28N2O3/c1-15-14-18(8-9-19(15)11-12-20-2)10-13-22-17-7-5-4-6-16(17)21-3/h4-7,15H,8-14H2,1-3H3/t15-/m0/s1. The van der Waals surface area contributed by atoms with Crippen molar-refractivity contribution in [2.45, 2.75) is 13.0 Å². The fourth-order valence-electron chi connectivity index (χ4n) is 2.84. The summed E-state index contributed by atoms with van der Waals surface area (Å²) in [6, 6.07) is 8.35. The van der Waals surface area contributed by atoms with Crippen molar-refractivity contribution in [1.82, 2.24) is 9.80 Å². The van der Waals surface area contributed by atoms with Crippen LogP contribution in [0.25, 0.3) is 0 Å². The summed E-state index contributed by atoms with van der Waals surface area (Å²) >= 11 is 0. The molecule has 1 saturated heterocycles. The molecule has 0 saturated carbocycles. The maximum Gasteiger partial charge on any atom is 0.161 e. The van der Waals surface area contributed by atoms with Crippen molar-refractivity contribution in [3.05, 3.63) is 24.3 Å². The van der Waals surface area contributed by atoms with Gasteiger partial charge in [0.05, 0.1) is 13.7 Å². The Hall–Kier alpha value is -1.30. The van der Waals surface area contributed by atoms with E-state index < -0.39 is 0 Å². The van der Waals surface area contributed by atoms with E-state index in [1.54, 1.807) is 14.2 Å². The van der Waals surface area contributed by atoms with Crippen LogP contribution in [-0.2, 0) is 4.74 Å². The number of ether oxygens (including phenoxy) is 3. The molecule has 0 amide bonds. The summed E-state index contributed by atoms with van der Waals surface area (Å²) in [6.45, 7) is 9.00. The molecule has 1 fully saturated rings. The first kappa shape index (κ1) is 17.1. The largest absolute Gasteiger partial charge is 0.493 e. The van der Waals surface area contributed by atoms with Crippen molar-refractivity contribution in [2.75, 3.05) is 60.2 Å². The molecule has 2 rings (SSSR count). The van der Waals surface area contributed by atoms with Crippen LogP contribution in [0, 0.1) is 0 Å². The van der Waals surface area contributed by atoms with Gasteiger partial charge in [-0.05, 0) is 19.1 Å². The van der Waals surface area contributed by atoms with E-state index in [0.29, 0.717) is 12.6 Å². The van der Waals surface area contributed by atoms with Crippen molar-refractivity contribution in [2.24, 2.45) is 0 Å². The fraction of sp³-hybridized carbons (Fsp3) is 0.647. The third kappa shape index (κ3) is 4.87. The van der Waals surface area contributed by atoms with Crippen molar-refractivity contribution < 1.29 is 14.2 Å². The molecule has 0 N–H and O–H groups in total. The van der Waals surface area contributed by atoms with E-state index in [2.05, 4.69) is 16.7 Å². The number of rotatable bonds is 8. The molecular formula is C17H28N2O3. The zero-order chi connectivity index (χ0) is 15.8. The van der Waals surface area contributed by atoms with Gasteiger partial charge in [0.15, 0.2) is 11.5 Å². The lowest BCUT2D eigenvalue weighted by molar-refractivity contribution is 0.0530. The van der Waals surface area contributed by atoms with E-state index in [1.165, 1.54) is 0 Å². The lowest BCUT2D eigenvalue weighted by Crippen LogP contribution is -2.53. The summed E-state index contributed by atoms with van der Waals surface area (Å²) in [5.41, 5.74) is 0. The van der Waals surface area contributed by atoms with Crippen LogP contribution in [0.2, 0.25) is 0 Å². The van der Waals surface area contributed by atoms with Gasteiger partial charge in [0, 0.05) is 45.9 Å². The molecule has 1 heterocycles. The Kier molecular flexibility index (Phi) is 6.96. The second-order valence-electron chi connectivity index (χ2n) is 5.68. The monoisotopic (exact) mass is 308 g/mol. The predicted octanol–water partition coefficient (Wildman–Crippen LogP) is 1.73. The van der Waals surface area contributed by atoms with Crippen LogP contribution in [0.1, 0.15) is 6.92 Å². The van der Waals surface area contributed by atoms with Crippen LogP contribution in [-0.4, -0.2) is 76.0 Å². The van der Waals surface area contributed by atoms with Crippen LogP contribution in [0.15, 0.2) is 24.3 Å². The highest BCUT2D eigenvalue weighted by Gasteiger charge is 2.22. The van der Waals surface area contributed by atoms with Crippen LogP contribution < -0.4 is 9.47 Å². The third-order valence-corrected chi connectivity index (χ3v) is 4.17. The van der Waals surface area contributed by atoms with E-state index in [9.17, 15) is 0 Å². The Morgan fingerprint density at radius 3 is 2.50 bits per heavy atom. The smallest absolute Gasteiger partial charge is 0.161 e. The second-order valence-corrected chi connectivity index (χ2v) is 5.68. The molecule has 0 spiro atoms. The van der Waals surface area contributed by atoms with Gasteiger partial charge in [0.1, 0.15) is 6.61 Å². The van der Waals surface area contributed by atoms with Crippen LogP contribution >= 0.6 is 0 Å². The molecule has 0 bridgehead atoms. The molecule has 1 aliphatic heterocycles. The molecule has 124 valence electrons. The molecule has 22 heavy (non-hydrogen) atoms. The highest BCUT2D eigenvalue weighted by molar-refractivity contribution is 5.39. The topological polar surface area (TPSA) is 34.2 Å². The van der Waals surface area contributed by atoms with Crippen molar-refractivity contribution in [1.29, 1.82) is 0 Å². The van der Waals surface area contributed by atoms with Crippen molar-refractivity contribution in [3.63, 3.8) is 0 Å². The SMILES string of the molecule is COCCN1CCN(CCOc2ccccc2OC)C[C@@H]1C. The van der Waals surface area contributed by atoms with Gasteiger partial charge in [0.25, 0.3) is 0 Å². The van der Waals surface area contributed by atoms with Crippen LogP contribution in [0.3, 0.4) is 0 Å². The minimum Gasteiger partial charge on any atom is -0.493 e. The second kappa shape index (κ2) is 8.98. The lowest BCUT2D eigenvalue weighted by atomic mass is 10.2. The lowest BCUT2D eigenvalue weighted by Gasteiger charge is -2.39. The van der Waals surface area contributed by atoms with E-state index in [4.69, 9.17) is 14.2 Å². The summed E-state index contributed by atoms with van der Waals surface area (Å²) in [5.74, 6) is 1.61. The molecule has 1 aromatic rings. The summed E-state index contributed by atoms with van der Waals surface area (Å²) in [6.07, 6.45) is 0. The normalized spacial score (nSPS) is 20.0. The number of hydrogen-bond donors (Lipinski definition) is 0. The zero-order valence-electron chi connectivity index (χ0n) is 14.0. The summed E-state index contributed by atoms with van der Waals surface area (Å²) < 4.78 is 16.3. The molecule has 1 aromatic carbocycles. The molecule has 1 atom stereocenters. The van der Waals surface area contributed by atoms with Gasteiger partial charge >= 0.3 is 0 Å². The van der Waals surface area contributed by atoms with Crippen molar-refractivity contribution >= 4 is 0 Å².